The second-order valence-electron chi connectivity index (χ2n) is 3.88. The number of hydrogen-bond acceptors (Lipinski definition) is 2. The van der Waals surface area contributed by atoms with E-state index in [0.717, 1.165) is 35.9 Å². The number of hydrogen-bond donors (Lipinski definition) is 0. The maximum Gasteiger partial charge on any atom is 0.162 e. The minimum Gasteiger partial charge on any atom is -0.494 e. The summed E-state index contributed by atoms with van der Waals surface area (Å²) in [5, 5.41) is 1.02. The first-order valence-electron chi connectivity index (χ1n) is 6.10. The molecule has 0 radical (unpaired) electrons. The molecule has 0 saturated heterocycles. The highest BCUT2D eigenvalue weighted by Gasteiger charge is 2.05. The maximum atomic E-state index is 11.8. The van der Waals surface area contributed by atoms with Gasteiger partial charge in [-0.15, -0.1) is 0 Å². The van der Waals surface area contributed by atoms with Gasteiger partial charge in [-0.3, -0.25) is 4.79 Å². The van der Waals surface area contributed by atoms with Crippen molar-refractivity contribution in [3.05, 3.63) is 29.8 Å². The number of carbonyl (C=O) groups excluding carboxylic acids is 1. The molecule has 0 amide bonds. The van der Waals surface area contributed by atoms with Crippen LogP contribution in [0.2, 0.25) is 0 Å². The van der Waals surface area contributed by atoms with Crippen molar-refractivity contribution in [1.29, 1.82) is 0 Å². The SMILES string of the molecule is CCOc1ccc(C(=O)CCCCCBr)cc1. The summed E-state index contributed by atoms with van der Waals surface area (Å²) in [5.41, 5.74) is 0.785. The van der Waals surface area contributed by atoms with Crippen LogP contribution in [0.5, 0.6) is 5.75 Å². The zero-order chi connectivity index (χ0) is 12.5. The van der Waals surface area contributed by atoms with E-state index in [-0.39, 0.29) is 5.78 Å². The van der Waals surface area contributed by atoms with Gasteiger partial charge in [0, 0.05) is 17.3 Å². The number of rotatable bonds is 8. The van der Waals surface area contributed by atoms with Gasteiger partial charge in [0.15, 0.2) is 5.78 Å². The highest BCUT2D eigenvalue weighted by Crippen LogP contribution is 2.14. The zero-order valence-electron chi connectivity index (χ0n) is 10.2. The second-order valence-corrected chi connectivity index (χ2v) is 4.67. The zero-order valence-corrected chi connectivity index (χ0v) is 11.8. The van der Waals surface area contributed by atoms with E-state index in [1.807, 2.05) is 31.2 Å². The lowest BCUT2D eigenvalue weighted by Gasteiger charge is -2.04. The van der Waals surface area contributed by atoms with E-state index in [0.29, 0.717) is 13.0 Å². The van der Waals surface area contributed by atoms with E-state index in [1.54, 1.807) is 0 Å². The predicted octanol–water partition coefficient (Wildman–Crippen LogP) is 4.22. The van der Waals surface area contributed by atoms with Crippen LogP contribution in [0, 0.1) is 0 Å². The van der Waals surface area contributed by atoms with Crippen LogP contribution in [0.4, 0.5) is 0 Å². The summed E-state index contributed by atoms with van der Waals surface area (Å²) in [6, 6.07) is 7.40. The van der Waals surface area contributed by atoms with Gasteiger partial charge in [0.2, 0.25) is 0 Å². The highest BCUT2D eigenvalue weighted by atomic mass is 79.9. The topological polar surface area (TPSA) is 26.3 Å². The fraction of sp³-hybridized carbons (Fsp3) is 0.500. The monoisotopic (exact) mass is 298 g/mol. The second kappa shape index (κ2) is 8.29. The van der Waals surface area contributed by atoms with Gasteiger partial charge < -0.3 is 4.74 Å². The third kappa shape index (κ3) is 5.35. The Labute approximate surface area is 111 Å². The predicted molar refractivity (Wildman–Crippen MR) is 74.2 cm³/mol. The van der Waals surface area contributed by atoms with E-state index in [4.69, 9.17) is 4.74 Å². The van der Waals surface area contributed by atoms with Gasteiger partial charge in [-0.25, -0.2) is 0 Å². The summed E-state index contributed by atoms with van der Waals surface area (Å²) in [6.07, 6.45) is 3.85. The lowest BCUT2D eigenvalue weighted by molar-refractivity contribution is 0.0979. The number of carbonyl (C=O) groups is 1. The number of ketones is 1. The molecule has 0 atom stereocenters. The normalized spacial score (nSPS) is 10.2. The van der Waals surface area contributed by atoms with Crippen LogP contribution in [-0.2, 0) is 0 Å². The fourth-order valence-electron chi connectivity index (χ4n) is 1.60. The number of halogens is 1. The first-order valence-corrected chi connectivity index (χ1v) is 7.22. The number of alkyl halides is 1. The van der Waals surface area contributed by atoms with Crippen molar-refractivity contribution < 1.29 is 9.53 Å². The van der Waals surface area contributed by atoms with Crippen molar-refractivity contribution in [2.45, 2.75) is 32.6 Å². The van der Waals surface area contributed by atoms with Gasteiger partial charge in [-0.05, 0) is 44.0 Å². The summed E-state index contributed by atoms with van der Waals surface area (Å²) in [4.78, 5) is 11.8. The Morgan fingerprint density at radius 1 is 1.18 bits per heavy atom. The molecule has 0 bridgehead atoms. The van der Waals surface area contributed by atoms with Gasteiger partial charge in [0.1, 0.15) is 5.75 Å². The van der Waals surface area contributed by atoms with Crippen molar-refractivity contribution >= 4 is 21.7 Å². The average Bonchev–Trinajstić information content (AvgIpc) is 2.36. The molecule has 0 fully saturated rings. The molecule has 2 nitrogen and oxygen atoms in total. The molecule has 0 aliphatic heterocycles. The van der Waals surface area contributed by atoms with Gasteiger partial charge in [-0.1, -0.05) is 22.4 Å². The number of unbranched alkanes of at least 4 members (excludes halogenated alkanes) is 2. The molecule has 0 saturated carbocycles. The first kappa shape index (κ1) is 14.2. The molecular weight excluding hydrogens is 280 g/mol. The molecule has 1 aromatic carbocycles. The lowest BCUT2D eigenvalue weighted by Crippen LogP contribution is -1.99. The third-order valence-electron chi connectivity index (χ3n) is 2.52. The van der Waals surface area contributed by atoms with Crippen LogP contribution in [-0.4, -0.2) is 17.7 Å². The molecule has 1 aromatic rings. The smallest absolute Gasteiger partial charge is 0.162 e. The summed E-state index contributed by atoms with van der Waals surface area (Å²) in [7, 11) is 0. The minimum absolute atomic E-state index is 0.225. The molecule has 0 N–H and O–H groups in total. The summed E-state index contributed by atoms with van der Waals surface area (Å²) >= 11 is 3.39. The molecule has 17 heavy (non-hydrogen) atoms. The van der Waals surface area contributed by atoms with E-state index in [9.17, 15) is 4.79 Å². The van der Waals surface area contributed by atoms with Crippen LogP contribution < -0.4 is 4.74 Å². The summed E-state index contributed by atoms with van der Waals surface area (Å²) in [6.45, 7) is 2.60. The summed E-state index contributed by atoms with van der Waals surface area (Å²) in [5.74, 6) is 1.05. The molecule has 0 spiro atoms. The molecule has 1 rings (SSSR count). The van der Waals surface area contributed by atoms with Gasteiger partial charge in [0.05, 0.1) is 6.61 Å². The number of ether oxygens (including phenoxy) is 1. The van der Waals surface area contributed by atoms with E-state index < -0.39 is 0 Å². The Bertz CT molecular complexity index is 333. The Morgan fingerprint density at radius 3 is 2.47 bits per heavy atom. The van der Waals surface area contributed by atoms with Crippen molar-refractivity contribution in [2.24, 2.45) is 0 Å². The Balaban J connectivity index is 2.40. The van der Waals surface area contributed by atoms with Crippen LogP contribution >= 0.6 is 15.9 Å². The van der Waals surface area contributed by atoms with Crippen molar-refractivity contribution in [1.82, 2.24) is 0 Å². The van der Waals surface area contributed by atoms with Gasteiger partial charge >= 0.3 is 0 Å². The Morgan fingerprint density at radius 2 is 1.88 bits per heavy atom. The molecule has 0 unspecified atom stereocenters. The molecule has 0 heterocycles. The molecule has 0 aromatic heterocycles. The van der Waals surface area contributed by atoms with E-state index in [2.05, 4.69) is 15.9 Å². The molecule has 0 aliphatic rings. The standard InChI is InChI=1S/C14H19BrO2/c1-2-17-13-9-7-12(8-10-13)14(16)6-4-3-5-11-15/h7-10H,2-6,11H2,1H3. The number of Topliss-reactive ketones (excluding diaryl/α,β-unsaturated/α-hetero) is 1. The lowest BCUT2D eigenvalue weighted by atomic mass is 10.0. The van der Waals surface area contributed by atoms with Crippen molar-refractivity contribution in [3.8, 4) is 5.75 Å². The van der Waals surface area contributed by atoms with Gasteiger partial charge in [0.25, 0.3) is 0 Å². The Hall–Kier alpha value is -0.830. The number of benzene rings is 1. The van der Waals surface area contributed by atoms with Crippen molar-refractivity contribution in [3.63, 3.8) is 0 Å². The van der Waals surface area contributed by atoms with Crippen LogP contribution in [0.15, 0.2) is 24.3 Å². The highest BCUT2D eigenvalue weighted by molar-refractivity contribution is 9.09. The molecular formula is C14H19BrO2. The van der Waals surface area contributed by atoms with Crippen LogP contribution in [0.25, 0.3) is 0 Å². The van der Waals surface area contributed by atoms with Crippen LogP contribution in [0.1, 0.15) is 43.0 Å². The largest absolute Gasteiger partial charge is 0.494 e. The molecule has 94 valence electrons. The Kier molecular flexibility index (Phi) is 6.94. The minimum atomic E-state index is 0.225. The van der Waals surface area contributed by atoms with E-state index in [1.165, 1.54) is 0 Å². The van der Waals surface area contributed by atoms with Crippen LogP contribution in [0.3, 0.4) is 0 Å². The third-order valence-corrected chi connectivity index (χ3v) is 3.09. The van der Waals surface area contributed by atoms with E-state index >= 15 is 0 Å². The maximum absolute atomic E-state index is 11.8. The molecule has 0 aliphatic carbocycles. The fourth-order valence-corrected chi connectivity index (χ4v) is 2.00. The quantitative estimate of drug-likeness (QED) is 0.408. The summed E-state index contributed by atoms with van der Waals surface area (Å²) < 4.78 is 5.34. The average molecular weight is 299 g/mol. The first-order chi connectivity index (χ1) is 8.27. The molecule has 3 heteroatoms. The van der Waals surface area contributed by atoms with Gasteiger partial charge in [-0.2, -0.15) is 0 Å². The van der Waals surface area contributed by atoms with Crippen molar-refractivity contribution in [2.75, 3.05) is 11.9 Å².